The van der Waals surface area contributed by atoms with E-state index in [9.17, 15) is 8.42 Å². The molecular weight excluding hydrogens is 472 g/mol. The molecule has 2 heterocycles. The number of fused-ring (bicyclic) bond motifs is 2. The van der Waals surface area contributed by atoms with Crippen molar-refractivity contribution in [2.75, 3.05) is 10.0 Å². The molecule has 0 unspecified atom stereocenters. The molecule has 3 aromatic carbocycles. The Kier molecular flexibility index (Phi) is 5.63. The van der Waals surface area contributed by atoms with Gasteiger partial charge in [-0.3, -0.25) is 0 Å². The monoisotopic (exact) mass is 492 g/mol. The van der Waals surface area contributed by atoms with Crippen molar-refractivity contribution in [3.63, 3.8) is 0 Å². The number of pyridine rings is 1. The van der Waals surface area contributed by atoms with E-state index in [1.54, 1.807) is 38.1 Å². The van der Waals surface area contributed by atoms with E-state index in [-0.39, 0.29) is 10.8 Å². The van der Waals surface area contributed by atoms with Crippen LogP contribution in [0.2, 0.25) is 5.02 Å². The number of aryl methyl sites for hydroxylation is 1. The van der Waals surface area contributed by atoms with Crippen LogP contribution in [-0.4, -0.2) is 18.6 Å². The lowest BCUT2D eigenvalue weighted by Crippen LogP contribution is -2.13. The fourth-order valence-electron chi connectivity index (χ4n) is 3.78. The standard InChI is InChI=1S/C25H21ClN4O3S/c1-15-16(2)29-33-25(15)30-34(31,32)19-10-8-18(9-11-19)27-14-22-20-5-3-4-6-23(20)28-24-13-17(26)7-12-21(22)24/h3-13,27,30H,14H2,1-2H3. The minimum Gasteiger partial charge on any atom is -0.381 e. The molecule has 9 heteroatoms. The molecule has 0 saturated carbocycles. The van der Waals surface area contributed by atoms with Gasteiger partial charge in [0.15, 0.2) is 0 Å². The summed E-state index contributed by atoms with van der Waals surface area (Å²) in [6.07, 6.45) is 0. The summed E-state index contributed by atoms with van der Waals surface area (Å²) >= 11 is 6.19. The quantitative estimate of drug-likeness (QED) is 0.280. The Morgan fingerprint density at radius 3 is 2.41 bits per heavy atom. The molecule has 0 atom stereocenters. The molecule has 0 aliphatic heterocycles. The number of benzene rings is 3. The Morgan fingerprint density at radius 2 is 1.68 bits per heavy atom. The fourth-order valence-corrected chi connectivity index (χ4v) is 4.99. The van der Waals surface area contributed by atoms with Crippen LogP contribution in [-0.2, 0) is 16.6 Å². The van der Waals surface area contributed by atoms with Crippen LogP contribution in [0.25, 0.3) is 21.8 Å². The van der Waals surface area contributed by atoms with Crippen molar-refractivity contribution in [3.05, 3.63) is 88.6 Å². The highest BCUT2D eigenvalue weighted by molar-refractivity contribution is 7.92. The normalized spacial score (nSPS) is 11.7. The minimum absolute atomic E-state index is 0.122. The van der Waals surface area contributed by atoms with Crippen LogP contribution in [0.3, 0.4) is 0 Å². The van der Waals surface area contributed by atoms with Crippen molar-refractivity contribution in [3.8, 4) is 0 Å². The summed E-state index contributed by atoms with van der Waals surface area (Å²) in [6.45, 7) is 4.03. The number of aromatic nitrogens is 2. The zero-order valence-electron chi connectivity index (χ0n) is 18.5. The lowest BCUT2D eigenvalue weighted by atomic mass is 10.0. The van der Waals surface area contributed by atoms with E-state index in [2.05, 4.69) is 15.2 Å². The van der Waals surface area contributed by atoms with Crippen molar-refractivity contribution < 1.29 is 12.9 Å². The van der Waals surface area contributed by atoms with E-state index in [0.717, 1.165) is 33.1 Å². The van der Waals surface area contributed by atoms with Gasteiger partial charge < -0.3 is 9.84 Å². The number of hydrogen-bond donors (Lipinski definition) is 2. The maximum absolute atomic E-state index is 12.7. The van der Waals surface area contributed by atoms with Gasteiger partial charge in [0.1, 0.15) is 0 Å². The van der Waals surface area contributed by atoms with Crippen LogP contribution >= 0.6 is 11.6 Å². The summed E-state index contributed by atoms with van der Waals surface area (Å²) < 4.78 is 33.0. The predicted octanol–water partition coefficient (Wildman–Crippen LogP) is 6.06. The lowest BCUT2D eigenvalue weighted by Gasteiger charge is -2.13. The summed E-state index contributed by atoms with van der Waals surface area (Å²) in [6, 6.07) is 20.2. The van der Waals surface area contributed by atoms with Crippen LogP contribution in [0.15, 0.2) is 76.1 Å². The van der Waals surface area contributed by atoms with Crippen LogP contribution in [0.1, 0.15) is 16.8 Å². The zero-order chi connectivity index (χ0) is 23.9. The number of anilines is 2. The second-order valence-electron chi connectivity index (χ2n) is 7.97. The number of nitrogens with zero attached hydrogens (tertiary/aromatic N) is 2. The maximum atomic E-state index is 12.7. The van der Waals surface area contributed by atoms with Crippen LogP contribution in [0, 0.1) is 13.8 Å². The van der Waals surface area contributed by atoms with E-state index in [4.69, 9.17) is 21.1 Å². The number of halogens is 1. The van der Waals surface area contributed by atoms with Crippen LogP contribution in [0.5, 0.6) is 0 Å². The Labute approximate surface area is 201 Å². The largest absolute Gasteiger partial charge is 0.381 e. The molecule has 7 nitrogen and oxygen atoms in total. The van der Waals surface area contributed by atoms with E-state index < -0.39 is 10.0 Å². The third-order valence-electron chi connectivity index (χ3n) is 5.77. The van der Waals surface area contributed by atoms with Gasteiger partial charge in [-0.2, -0.15) is 0 Å². The maximum Gasteiger partial charge on any atom is 0.264 e. The molecule has 0 saturated heterocycles. The van der Waals surface area contributed by atoms with E-state index in [0.29, 0.717) is 22.8 Å². The average molecular weight is 493 g/mol. The van der Waals surface area contributed by atoms with Gasteiger partial charge in [-0.05, 0) is 61.9 Å². The van der Waals surface area contributed by atoms with Crippen LogP contribution in [0.4, 0.5) is 11.6 Å². The van der Waals surface area contributed by atoms with Gasteiger partial charge in [0.05, 0.1) is 21.6 Å². The Balaban J connectivity index is 1.40. The number of rotatable bonds is 6. The van der Waals surface area contributed by atoms with Crippen molar-refractivity contribution in [1.82, 2.24) is 10.1 Å². The molecule has 0 bridgehead atoms. The van der Waals surface area contributed by atoms with Crippen molar-refractivity contribution in [1.29, 1.82) is 0 Å². The molecule has 5 aromatic rings. The molecule has 0 spiro atoms. The molecule has 2 N–H and O–H groups in total. The number of hydrogen-bond acceptors (Lipinski definition) is 6. The average Bonchev–Trinajstić information content (AvgIpc) is 3.13. The van der Waals surface area contributed by atoms with Gasteiger partial charge in [-0.15, -0.1) is 0 Å². The second kappa shape index (κ2) is 8.62. The van der Waals surface area contributed by atoms with Crippen molar-refractivity contribution >= 4 is 55.0 Å². The highest BCUT2D eigenvalue weighted by Crippen LogP contribution is 2.29. The first-order chi connectivity index (χ1) is 16.3. The van der Waals surface area contributed by atoms with Gasteiger partial charge in [-0.25, -0.2) is 18.1 Å². The molecule has 0 fully saturated rings. The van der Waals surface area contributed by atoms with Gasteiger partial charge in [-0.1, -0.05) is 41.0 Å². The molecule has 0 radical (unpaired) electrons. The first-order valence-electron chi connectivity index (χ1n) is 10.6. The molecule has 0 aliphatic rings. The number of nitrogens with one attached hydrogen (secondary N) is 2. The van der Waals surface area contributed by atoms with Crippen molar-refractivity contribution in [2.45, 2.75) is 25.3 Å². The van der Waals surface area contributed by atoms with E-state index >= 15 is 0 Å². The van der Waals surface area contributed by atoms with E-state index in [1.807, 2.05) is 42.5 Å². The minimum atomic E-state index is -3.80. The first kappa shape index (κ1) is 22.2. The Hall–Kier alpha value is -3.62. The van der Waals surface area contributed by atoms with Gasteiger partial charge in [0.25, 0.3) is 10.0 Å². The van der Waals surface area contributed by atoms with Crippen LogP contribution < -0.4 is 10.0 Å². The third kappa shape index (κ3) is 4.18. The number of para-hydroxylation sites is 1. The predicted molar refractivity (Wildman–Crippen MR) is 135 cm³/mol. The summed E-state index contributed by atoms with van der Waals surface area (Å²) in [5.41, 5.74) is 4.88. The Bertz CT molecular complexity index is 1630. The second-order valence-corrected chi connectivity index (χ2v) is 10.1. The number of sulfonamides is 1. The first-order valence-corrected chi connectivity index (χ1v) is 12.4. The molecule has 2 aromatic heterocycles. The molecule has 0 aliphatic carbocycles. The molecule has 172 valence electrons. The summed E-state index contributed by atoms with van der Waals surface area (Å²) in [4.78, 5) is 4.86. The fraction of sp³-hybridized carbons (Fsp3) is 0.120. The molecular formula is C25H21ClN4O3S. The van der Waals surface area contributed by atoms with Gasteiger partial charge in [0, 0.05) is 33.6 Å². The SMILES string of the molecule is Cc1noc(NS(=O)(=O)c2ccc(NCc3c4ccccc4nc4cc(Cl)ccc34)cc2)c1C. The lowest BCUT2D eigenvalue weighted by molar-refractivity contribution is 0.430. The van der Waals surface area contributed by atoms with E-state index in [1.165, 1.54) is 0 Å². The van der Waals surface area contributed by atoms with Crippen molar-refractivity contribution in [2.24, 2.45) is 0 Å². The Morgan fingerprint density at radius 1 is 0.941 bits per heavy atom. The topological polar surface area (TPSA) is 97.1 Å². The smallest absolute Gasteiger partial charge is 0.264 e. The third-order valence-corrected chi connectivity index (χ3v) is 7.36. The molecule has 0 amide bonds. The highest BCUT2D eigenvalue weighted by Gasteiger charge is 2.19. The highest BCUT2D eigenvalue weighted by atomic mass is 35.5. The zero-order valence-corrected chi connectivity index (χ0v) is 20.0. The summed E-state index contributed by atoms with van der Waals surface area (Å²) in [5, 5.41) is 9.87. The van der Waals surface area contributed by atoms with Gasteiger partial charge >= 0.3 is 0 Å². The molecule has 34 heavy (non-hydrogen) atoms. The summed E-state index contributed by atoms with van der Waals surface area (Å²) in [7, 11) is -3.80. The summed E-state index contributed by atoms with van der Waals surface area (Å²) in [5.74, 6) is 0.122. The molecule has 5 rings (SSSR count). The van der Waals surface area contributed by atoms with Gasteiger partial charge in [0.2, 0.25) is 5.88 Å².